The minimum Gasteiger partial charge on any atom is -0.381 e. The van der Waals surface area contributed by atoms with Crippen molar-refractivity contribution >= 4 is 12.1 Å². The monoisotopic (exact) mass is 171 g/mol. The standard InChI is InChI=1S/C6H9N3O3/c7-9-8-2-4-12-3-1-6(11)5-10/h5H,1-4H2. The Labute approximate surface area is 69.1 Å². The van der Waals surface area contributed by atoms with Gasteiger partial charge in [0.2, 0.25) is 0 Å². The number of Topliss-reactive ketones (excluding diaryl/α,β-unsaturated/α-hetero) is 1. The lowest BCUT2D eigenvalue weighted by Crippen LogP contribution is -2.06. The first-order valence-electron chi connectivity index (χ1n) is 3.38. The van der Waals surface area contributed by atoms with Crippen molar-refractivity contribution in [2.24, 2.45) is 5.11 Å². The summed E-state index contributed by atoms with van der Waals surface area (Å²) in [5.74, 6) is -0.487. The van der Waals surface area contributed by atoms with Gasteiger partial charge in [0.1, 0.15) is 0 Å². The zero-order valence-corrected chi connectivity index (χ0v) is 6.47. The molecule has 0 aliphatic rings. The van der Waals surface area contributed by atoms with Gasteiger partial charge in [0.25, 0.3) is 0 Å². The fourth-order valence-corrected chi connectivity index (χ4v) is 0.484. The maximum atomic E-state index is 10.4. The highest BCUT2D eigenvalue weighted by Gasteiger charge is 1.97. The molecule has 0 bridgehead atoms. The highest BCUT2D eigenvalue weighted by molar-refractivity contribution is 6.24. The summed E-state index contributed by atoms with van der Waals surface area (Å²) in [6.45, 7) is 0.709. The molecular formula is C6H9N3O3. The normalized spacial score (nSPS) is 8.67. The van der Waals surface area contributed by atoms with E-state index in [4.69, 9.17) is 10.3 Å². The van der Waals surface area contributed by atoms with Crippen LogP contribution in [0.5, 0.6) is 0 Å². The van der Waals surface area contributed by atoms with Crippen LogP contribution in [0.4, 0.5) is 0 Å². The molecule has 0 aliphatic carbocycles. The molecule has 6 heteroatoms. The molecule has 0 rings (SSSR count). The number of nitrogens with zero attached hydrogens (tertiary/aromatic N) is 3. The number of carbonyl (C=O) groups is 2. The molecule has 0 radical (unpaired) electrons. The Morgan fingerprint density at radius 3 is 2.92 bits per heavy atom. The molecule has 0 N–H and O–H groups in total. The fraction of sp³-hybridized carbons (Fsp3) is 0.667. The van der Waals surface area contributed by atoms with Crippen LogP contribution in [0.1, 0.15) is 6.42 Å². The highest BCUT2D eigenvalue weighted by atomic mass is 16.5. The number of ketones is 1. The van der Waals surface area contributed by atoms with Crippen molar-refractivity contribution < 1.29 is 14.3 Å². The summed E-state index contributed by atoms with van der Waals surface area (Å²) < 4.78 is 4.86. The van der Waals surface area contributed by atoms with Crippen molar-refractivity contribution in [1.82, 2.24) is 0 Å². The van der Waals surface area contributed by atoms with Crippen LogP contribution in [0.25, 0.3) is 10.4 Å². The Morgan fingerprint density at radius 2 is 2.33 bits per heavy atom. The topological polar surface area (TPSA) is 92.1 Å². The van der Waals surface area contributed by atoms with Gasteiger partial charge in [0.15, 0.2) is 12.1 Å². The highest BCUT2D eigenvalue weighted by Crippen LogP contribution is 1.83. The zero-order valence-electron chi connectivity index (χ0n) is 6.47. The van der Waals surface area contributed by atoms with Crippen molar-refractivity contribution in [1.29, 1.82) is 0 Å². The van der Waals surface area contributed by atoms with E-state index in [0.717, 1.165) is 0 Å². The molecule has 0 unspecified atom stereocenters. The third kappa shape index (κ3) is 6.73. The van der Waals surface area contributed by atoms with Gasteiger partial charge in [-0.2, -0.15) is 0 Å². The summed E-state index contributed by atoms with van der Waals surface area (Å²) in [6, 6.07) is 0. The first kappa shape index (κ1) is 10.6. The largest absolute Gasteiger partial charge is 0.381 e. The molecule has 0 saturated heterocycles. The number of carbonyl (C=O) groups excluding carboxylic acids is 2. The smallest absolute Gasteiger partial charge is 0.197 e. The van der Waals surface area contributed by atoms with E-state index >= 15 is 0 Å². The Kier molecular flexibility index (Phi) is 6.82. The van der Waals surface area contributed by atoms with Gasteiger partial charge in [-0.3, -0.25) is 9.59 Å². The van der Waals surface area contributed by atoms with Crippen LogP contribution in [-0.4, -0.2) is 31.8 Å². The molecule has 6 nitrogen and oxygen atoms in total. The number of rotatable bonds is 7. The third-order valence-corrected chi connectivity index (χ3v) is 1.02. The average molecular weight is 171 g/mol. The van der Waals surface area contributed by atoms with Crippen LogP contribution in [0.3, 0.4) is 0 Å². The Bertz CT molecular complexity index is 198. The maximum absolute atomic E-state index is 10.4. The summed E-state index contributed by atoms with van der Waals surface area (Å²) in [4.78, 5) is 22.7. The van der Waals surface area contributed by atoms with E-state index < -0.39 is 5.78 Å². The molecule has 0 aliphatic heterocycles. The number of ether oxygens (including phenoxy) is 1. The SMILES string of the molecule is [N-]=[N+]=NCCOCCC(=O)C=O. The Hall–Kier alpha value is -1.39. The average Bonchev–Trinajstić information content (AvgIpc) is 2.10. The molecule has 0 atom stereocenters. The lowest BCUT2D eigenvalue weighted by atomic mass is 10.3. The van der Waals surface area contributed by atoms with Crippen molar-refractivity contribution in [2.45, 2.75) is 6.42 Å². The van der Waals surface area contributed by atoms with Gasteiger partial charge in [0.05, 0.1) is 13.2 Å². The van der Waals surface area contributed by atoms with E-state index in [2.05, 4.69) is 10.0 Å². The summed E-state index contributed by atoms with van der Waals surface area (Å²) >= 11 is 0. The molecule has 0 aromatic rings. The minimum atomic E-state index is -0.487. The minimum absolute atomic E-state index is 0.0831. The molecule has 0 saturated carbocycles. The van der Waals surface area contributed by atoms with Crippen LogP contribution in [0.2, 0.25) is 0 Å². The molecule has 12 heavy (non-hydrogen) atoms. The summed E-state index contributed by atoms with van der Waals surface area (Å²) in [6.07, 6.45) is 0.344. The Morgan fingerprint density at radius 1 is 1.58 bits per heavy atom. The van der Waals surface area contributed by atoms with E-state index in [1.54, 1.807) is 0 Å². The number of hydrogen-bond donors (Lipinski definition) is 0. The van der Waals surface area contributed by atoms with Gasteiger partial charge in [0, 0.05) is 17.9 Å². The Balaban J connectivity index is 3.15. The number of aldehydes is 1. The maximum Gasteiger partial charge on any atom is 0.197 e. The molecule has 0 spiro atoms. The molecule has 0 amide bonds. The second-order valence-electron chi connectivity index (χ2n) is 1.90. The molecule has 66 valence electrons. The van der Waals surface area contributed by atoms with E-state index in [1.807, 2.05) is 0 Å². The van der Waals surface area contributed by atoms with Gasteiger partial charge in [-0.25, -0.2) is 0 Å². The molecule has 0 aromatic heterocycles. The molecule has 0 fully saturated rings. The zero-order chi connectivity index (χ0) is 9.23. The van der Waals surface area contributed by atoms with E-state index in [-0.39, 0.29) is 32.5 Å². The van der Waals surface area contributed by atoms with Gasteiger partial charge < -0.3 is 4.74 Å². The van der Waals surface area contributed by atoms with Crippen LogP contribution >= 0.6 is 0 Å². The number of azide groups is 1. The van der Waals surface area contributed by atoms with Gasteiger partial charge in [-0.1, -0.05) is 5.11 Å². The van der Waals surface area contributed by atoms with Crippen LogP contribution < -0.4 is 0 Å². The lowest BCUT2D eigenvalue weighted by Gasteiger charge is -1.97. The van der Waals surface area contributed by atoms with E-state index in [1.165, 1.54) is 0 Å². The third-order valence-electron chi connectivity index (χ3n) is 1.02. The predicted molar refractivity (Wildman–Crippen MR) is 40.5 cm³/mol. The van der Waals surface area contributed by atoms with Gasteiger partial charge in [-0.15, -0.1) is 0 Å². The predicted octanol–water partition coefficient (Wildman–Crippen LogP) is 0.471. The van der Waals surface area contributed by atoms with Crippen LogP contribution in [0.15, 0.2) is 5.11 Å². The fourth-order valence-electron chi connectivity index (χ4n) is 0.484. The number of hydrogen-bond acceptors (Lipinski definition) is 4. The van der Waals surface area contributed by atoms with Crippen molar-refractivity contribution in [3.05, 3.63) is 10.4 Å². The second-order valence-corrected chi connectivity index (χ2v) is 1.90. The molecule has 0 aromatic carbocycles. The lowest BCUT2D eigenvalue weighted by molar-refractivity contribution is -0.130. The van der Waals surface area contributed by atoms with E-state index in [0.29, 0.717) is 0 Å². The summed E-state index contributed by atoms with van der Waals surface area (Å²) in [7, 11) is 0. The quantitative estimate of drug-likeness (QED) is 0.139. The summed E-state index contributed by atoms with van der Waals surface area (Å²) in [5.41, 5.74) is 7.85. The molecular weight excluding hydrogens is 162 g/mol. The van der Waals surface area contributed by atoms with Crippen LogP contribution in [0, 0.1) is 0 Å². The van der Waals surface area contributed by atoms with Crippen LogP contribution in [-0.2, 0) is 14.3 Å². The first-order chi connectivity index (χ1) is 5.81. The van der Waals surface area contributed by atoms with Crippen molar-refractivity contribution in [3.8, 4) is 0 Å². The van der Waals surface area contributed by atoms with Crippen molar-refractivity contribution in [2.75, 3.05) is 19.8 Å². The van der Waals surface area contributed by atoms with E-state index in [9.17, 15) is 9.59 Å². The first-order valence-corrected chi connectivity index (χ1v) is 3.38. The van der Waals surface area contributed by atoms with Gasteiger partial charge >= 0.3 is 0 Å². The van der Waals surface area contributed by atoms with Crippen molar-refractivity contribution in [3.63, 3.8) is 0 Å². The van der Waals surface area contributed by atoms with Gasteiger partial charge in [-0.05, 0) is 5.53 Å². The molecule has 0 heterocycles. The summed E-state index contributed by atoms with van der Waals surface area (Å²) in [5, 5.41) is 3.21. The second kappa shape index (κ2) is 7.71.